The van der Waals surface area contributed by atoms with E-state index in [0.717, 1.165) is 31.8 Å². The highest BCUT2D eigenvalue weighted by Crippen LogP contribution is 2.20. The lowest BCUT2D eigenvalue weighted by Crippen LogP contribution is -2.49. The van der Waals surface area contributed by atoms with Gasteiger partial charge >= 0.3 is 0 Å². The summed E-state index contributed by atoms with van der Waals surface area (Å²) in [6.45, 7) is 4.85. The number of morpholine rings is 1. The van der Waals surface area contributed by atoms with E-state index in [4.69, 9.17) is 14.2 Å². The third-order valence-corrected chi connectivity index (χ3v) is 4.58. The van der Waals surface area contributed by atoms with Crippen LogP contribution in [0, 0.1) is 0 Å². The number of amides is 2. The highest BCUT2D eigenvalue weighted by atomic mass is 16.5. The van der Waals surface area contributed by atoms with Gasteiger partial charge < -0.3 is 24.4 Å². The minimum atomic E-state index is -0.173. The van der Waals surface area contributed by atoms with Crippen molar-refractivity contribution in [2.75, 3.05) is 39.5 Å². The summed E-state index contributed by atoms with van der Waals surface area (Å²) in [5.41, 5.74) is 0.629. The zero-order valence-corrected chi connectivity index (χ0v) is 15.1. The third kappa shape index (κ3) is 5.19. The highest BCUT2D eigenvalue weighted by Gasteiger charge is 2.25. The Kier molecular flexibility index (Phi) is 6.46. The Morgan fingerprint density at radius 2 is 1.92 bits per heavy atom. The molecule has 0 aromatic heterocycles. The van der Waals surface area contributed by atoms with Crippen molar-refractivity contribution in [1.29, 1.82) is 0 Å². The summed E-state index contributed by atoms with van der Waals surface area (Å²) in [6.07, 6.45) is 1.79. The number of nitrogens with zero attached hydrogens (tertiary/aromatic N) is 1. The van der Waals surface area contributed by atoms with Crippen molar-refractivity contribution < 1.29 is 23.8 Å². The van der Waals surface area contributed by atoms with E-state index in [-0.39, 0.29) is 24.0 Å². The summed E-state index contributed by atoms with van der Waals surface area (Å²) >= 11 is 0. The molecule has 142 valence electrons. The lowest BCUT2D eigenvalue weighted by molar-refractivity contribution is -0.120. The Bertz CT molecular complexity index is 613. The van der Waals surface area contributed by atoms with Crippen molar-refractivity contribution >= 4 is 11.8 Å². The van der Waals surface area contributed by atoms with Gasteiger partial charge in [-0.05, 0) is 24.3 Å². The molecule has 0 saturated carbocycles. The molecule has 1 unspecified atom stereocenters. The number of nitrogens with one attached hydrogen (secondary N) is 1. The molecule has 1 atom stereocenters. The Morgan fingerprint density at radius 3 is 2.62 bits per heavy atom. The second-order valence-corrected chi connectivity index (χ2v) is 6.64. The molecular weight excluding hydrogens is 336 g/mol. The van der Waals surface area contributed by atoms with E-state index in [1.54, 1.807) is 17.0 Å². The normalized spacial score (nSPS) is 21.3. The van der Waals surface area contributed by atoms with Crippen LogP contribution in [-0.2, 0) is 14.3 Å². The second-order valence-electron chi connectivity index (χ2n) is 6.64. The molecule has 3 rings (SSSR count). The minimum Gasteiger partial charge on any atom is -0.490 e. The van der Waals surface area contributed by atoms with Gasteiger partial charge in [-0.25, -0.2) is 0 Å². The van der Waals surface area contributed by atoms with Gasteiger partial charge in [-0.3, -0.25) is 9.59 Å². The minimum absolute atomic E-state index is 0.0289. The molecule has 1 aromatic carbocycles. The molecule has 0 spiro atoms. The number of carbonyl (C=O) groups is 2. The van der Waals surface area contributed by atoms with Crippen molar-refractivity contribution in [3.05, 3.63) is 29.8 Å². The Hall–Kier alpha value is -2.12. The number of ether oxygens (including phenoxy) is 3. The fraction of sp³-hybridized carbons (Fsp3) is 0.579. The van der Waals surface area contributed by atoms with Crippen LogP contribution in [0.5, 0.6) is 5.75 Å². The van der Waals surface area contributed by atoms with Crippen molar-refractivity contribution in [3.8, 4) is 5.75 Å². The lowest BCUT2D eigenvalue weighted by Gasteiger charge is -2.33. The first-order valence-corrected chi connectivity index (χ1v) is 9.11. The number of rotatable bonds is 5. The predicted molar refractivity (Wildman–Crippen MR) is 95.2 cm³/mol. The monoisotopic (exact) mass is 362 g/mol. The molecular formula is C19H26N2O5. The fourth-order valence-corrected chi connectivity index (χ4v) is 3.13. The largest absolute Gasteiger partial charge is 0.490 e. The number of hydrogen-bond donors (Lipinski definition) is 1. The van der Waals surface area contributed by atoms with Gasteiger partial charge in [0.1, 0.15) is 11.9 Å². The SMILES string of the molecule is CC(=O)NCC1CN(C(=O)c2ccc(OC3CCOCC3)cc2)CCO1. The number of carbonyl (C=O) groups excluding carboxylic acids is 2. The molecule has 2 amide bonds. The van der Waals surface area contributed by atoms with Crippen LogP contribution in [0.15, 0.2) is 24.3 Å². The molecule has 2 aliphatic heterocycles. The maximum atomic E-state index is 12.7. The van der Waals surface area contributed by atoms with Crippen molar-refractivity contribution in [1.82, 2.24) is 10.2 Å². The summed E-state index contributed by atoms with van der Waals surface area (Å²) in [5, 5.41) is 2.73. The molecule has 0 aliphatic carbocycles. The van der Waals surface area contributed by atoms with Crippen LogP contribution in [-0.4, -0.2) is 68.4 Å². The first-order chi connectivity index (χ1) is 12.6. The molecule has 2 heterocycles. The van der Waals surface area contributed by atoms with Crippen LogP contribution in [0.2, 0.25) is 0 Å². The van der Waals surface area contributed by atoms with E-state index in [1.165, 1.54) is 6.92 Å². The number of hydrogen-bond acceptors (Lipinski definition) is 5. The van der Waals surface area contributed by atoms with Gasteiger partial charge in [-0.15, -0.1) is 0 Å². The van der Waals surface area contributed by atoms with Crippen LogP contribution >= 0.6 is 0 Å². The quantitative estimate of drug-likeness (QED) is 0.852. The van der Waals surface area contributed by atoms with E-state index in [2.05, 4.69) is 5.32 Å². The predicted octanol–water partition coefficient (Wildman–Crippen LogP) is 1.22. The van der Waals surface area contributed by atoms with Gasteiger partial charge in [0.25, 0.3) is 5.91 Å². The summed E-state index contributed by atoms with van der Waals surface area (Å²) in [7, 11) is 0. The third-order valence-electron chi connectivity index (χ3n) is 4.58. The Morgan fingerprint density at radius 1 is 1.19 bits per heavy atom. The molecule has 1 N–H and O–H groups in total. The lowest BCUT2D eigenvalue weighted by atomic mass is 10.1. The van der Waals surface area contributed by atoms with Crippen molar-refractivity contribution in [2.24, 2.45) is 0 Å². The fourth-order valence-electron chi connectivity index (χ4n) is 3.13. The molecule has 2 aliphatic rings. The summed E-state index contributed by atoms with van der Waals surface area (Å²) < 4.78 is 16.9. The molecule has 0 bridgehead atoms. The maximum absolute atomic E-state index is 12.7. The second kappa shape index (κ2) is 9.00. The topological polar surface area (TPSA) is 77.1 Å². The maximum Gasteiger partial charge on any atom is 0.254 e. The van der Waals surface area contributed by atoms with Crippen molar-refractivity contribution in [2.45, 2.75) is 32.0 Å². The van der Waals surface area contributed by atoms with E-state index >= 15 is 0 Å². The van der Waals surface area contributed by atoms with Crippen LogP contribution < -0.4 is 10.1 Å². The van der Waals surface area contributed by atoms with Gasteiger partial charge in [-0.1, -0.05) is 0 Å². The van der Waals surface area contributed by atoms with Gasteiger partial charge in [0, 0.05) is 45.0 Å². The van der Waals surface area contributed by atoms with Gasteiger partial charge in [0.2, 0.25) is 5.91 Å². The van der Waals surface area contributed by atoms with E-state index in [1.807, 2.05) is 12.1 Å². The molecule has 7 heteroatoms. The van der Waals surface area contributed by atoms with Gasteiger partial charge in [0.15, 0.2) is 0 Å². The average molecular weight is 362 g/mol. The van der Waals surface area contributed by atoms with Gasteiger partial charge in [-0.2, -0.15) is 0 Å². The van der Waals surface area contributed by atoms with Crippen LogP contribution in [0.25, 0.3) is 0 Å². The molecule has 0 radical (unpaired) electrons. The smallest absolute Gasteiger partial charge is 0.254 e. The van der Waals surface area contributed by atoms with Crippen LogP contribution in [0.3, 0.4) is 0 Å². The van der Waals surface area contributed by atoms with Crippen molar-refractivity contribution in [3.63, 3.8) is 0 Å². The highest BCUT2D eigenvalue weighted by molar-refractivity contribution is 5.94. The van der Waals surface area contributed by atoms with Gasteiger partial charge in [0.05, 0.1) is 25.9 Å². The molecule has 2 saturated heterocycles. The molecule has 7 nitrogen and oxygen atoms in total. The zero-order valence-electron chi connectivity index (χ0n) is 15.1. The molecule has 26 heavy (non-hydrogen) atoms. The van der Waals surface area contributed by atoms with E-state index < -0.39 is 0 Å². The molecule has 2 fully saturated rings. The Labute approximate surface area is 153 Å². The first-order valence-electron chi connectivity index (χ1n) is 9.11. The summed E-state index contributed by atoms with van der Waals surface area (Å²) in [6, 6.07) is 7.29. The Balaban J connectivity index is 1.54. The molecule has 1 aromatic rings. The number of benzene rings is 1. The summed E-state index contributed by atoms with van der Waals surface area (Å²) in [5.74, 6) is 0.648. The first kappa shape index (κ1) is 18.7. The van der Waals surface area contributed by atoms with E-state index in [0.29, 0.717) is 31.8 Å². The van der Waals surface area contributed by atoms with Crippen LogP contribution in [0.1, 0.15) is 30.1 Å². The standard InChI is InChI=1S/C19H26N2O5/c1-14(22)20-12-18-13-21(8-11-25-18)19(23)15-2-4-16(5-3-15)26-17-6-9-24-10-7-17/h2-5,17-18H,6-13H2,1H3,(H,20,22). The summed E-state index contributed by atoms with van der Waals surface area (Å²) in [4.78, 5) is 25.5. The van der Waals surface area contributed by atoms with Crippen LogP contribution in [0.4, 0.5) is 0 Å². The zero-order chi connectivity index (χ0) is 18.4. The van der Waals surface area contributed by atoms with E-state index in [9.17, 15) is 9.59 Å². The average Bonchev–Trinajstić information content (AvgIpc) is 2.67.